The monoisotopic (exact) mass is 289 g/mol. The third-order valence-electron chi connectivity index (χ3n) is 2.93. The van der Waals surface area contributed by atoms with Crippen molar-refractivity contribution in [2.24, 2.45) is 0 Å². The summed E-state index contributed by atoms with van der Waals surface area (Å²) in [7, 11) is 1.82. The van der Waals surface area contributed by atoms with E-state index in [1.165, 1.54) is 0 Å². The minimum Gasteiger partial charge on any atom is -0.385 e. The van der Waals surface area contributed by atoms with E-state index in [-0.39, 0.29) is 5.91 Å². The minimum absolute atomic E-state index is 0.0209. The van der Waals surface area contributed by atoms with Crippen LogP contribution in [0.2, 0.25) is 0 Å². The van der Waals surface area contributed by atoms with Crippen LogP contribution in [0, 0.1) is 6.92 Å². The number of hydrogen-bond acceptors (Lipinski definition) is 4. The number of benzene rings is 1. The molecule has 2 aromatic rings. The number of hydrogen-bond donors (Lipinski definition) is 1. The van der Waals surface area contributed by atoms with E-state index in [2.05, 4.69) is 10.3 Å². The van der Waals surface area contributed by atoms with Crippen molar-refractivity contribution in [3.63, 3.8) is 0 Å². The number of amides is 1. The number of nitrogens with zero attached hydrogens (tertiary/aromatic N) is 2. The van der Waals surface area contributed by atoms with Crippen LogP contribution in [0.3, 0.4) is 0 Å². The number of anilines is 1. The van der Waals surface area contributed by atoms with Crippen molar-refractivity contribution in [1.29, 1.82) is 0 Å². The van der Waals surface area contributed by atoms with Gasteiger partial charge in [0, 0.05) is 30.4 Å². The lowest BCUT2D eigenvalue weighted by Crippen LogP contribution is -2.26. The molecule has 5 heteroatoms. The first-order valence-electron chi connectivity index (χ1n) is 6.61. The first kappa shape index (κ1) is 14.5. The fraction of sp³-hybridized carbons (Fsp3) is 0.333. The average Bonchev–Trinajstić information content (AvgIpc) is 2.84. The highest BCUT2D eigenvalue weighted by molar-refractivity contribution is 7.11. The molecule has 0 saturated carbocycles. The second-order valence-corrected chi connectivity index (χ2v) is 5.90. The third kappa shape index (κ3) is 3.36. The minimum atomic E-state index is 0.0209. The molecule has 1 aromatic carbocycles. The predicted octanol–water partition coefficient (Wildman–Crippen LogP) is 3.16. The quantitative estimate of drug-likeness (QED) is 0.919. The van der Waals surface area contributed by atoms with Gasteiger partial charge in [0.15, 0.2) is 0 Å². The number of para-hydroxylation sites is 1. The first-order valence-corrected chi connectivity index (χ1v) is 7.43. The number of thiazole rings is 1. The van der Waals surface area contributed by atoms with Crippen LogP contribution in [0.25, 0.3) is 0 Å². The van der Waals surface area contributed by atoms with E-state index in [1.807, 2.05) is 51.4 Å². The van der Waals surface area contributed by atoms with E-state index in [4.69, 9.17) is 0 Å². The van der Waals surface area contributed by atoms with Crippen molar-refractivity contribution >= 4 is 22.9 Å². The van der Waals surface area contributed by atoms with E-state index >= 15 is 0 Å². The van der Waals surface area contributed by atoms with Crippen LogP contribution in [0.4, 0.5) is 5.69 Å². The first-order chi connectivity index (χ1) is 9.61. The molecule has 0 aliphatic heterocycles. The fourth-order valence-electron chi connectivity index (χ4n) is 2.00. The van der Waals surface area contributed by atoms with Crippen LogP contribution in [0.15, 0.2) is 30.5 Å². The van der Waals surface area contributed by atoms with Gasteiger partial charge in [-0.3, -0.25) is 4.79 Å². The van der Waals surface area contributed by atoms with Gasteiger partial charge >= 0.3 is 0 Å². The lowest BCUT2D eigenvalue weighted by atomic mass is 10.1. The predicted molar refractivity (Wildman–Crippen MR) is 83.3 cm³/mol. The van der Waals surface area contributed by atoms with Gasteiger partial charge in [-0.05, 0) is 26.0 Å². The summed E-state index contributed by atoms with van der Waals surface area (Å²) in [6.45, 7) is 5.37. The Morgan fingerprint density at radius 1 is 1.40 bits per heavy atom. The third-order valence-corrected chi connectivity index (χ3v) is 3.83. The van der Waals surface area contributed by atoms with Crippen LogP contribution in [0.5, 0.6) is 0 Å². The summed E-state index contributed by atoms with van der Waals surface area (Å²) in [6, 6.07) is 7.61. The summed E-state index contributed by atoms with van der Waals surface area (Å²) in [5.41, 5.74) is 1.59. The van der Waals surface area contributed by atoms with Gasteiger partial charge in [-0.15, -0.1) is 11.3 Å². The Morgan fingerprint density at radius 3 is 2.80 bits per heavy atom. The molecule has 0 radical (unpaired) electrons. The van der Waals surface area contributed by atoms with E-state index in [9.17, 15) is 4.79 Å². The van der Waals surface area contributed by atoms with Crippen molar-refractivity contribution in [3.05, 3.63) is 45.9 Å². The average molecular weight is 289 g/mol. The van der Waals surface area contributed by atoms with Crippen molar-refractivity contribution in [3.8, 4) is 0 Å². The number of nitrogens with one attached hydrogen (secondary N) is 1. The molecule has 106 valence electrons. The molecule has 0 bridgehead atoms. The van der Waals surface area contributed by atoms with Crippen molar-refractivity contribution in [2.45, 2.75) is 20.4 Å². The molecule has 1 N–H and O–H groups in total. The van der Waals surface area contributed by atoms with Gasteiger partial charge in [-0.25, -0.2) is 4.98 Å². The molecule has 1 aromatic heterocycles. The maximum atomic E-state index is 12.5. The van der Waals surface area contributed by atoms with E-state index in [0.717, 1.165) is 22.1 Å². The fourth-order valence-corrected chi connectivity index (χ4v) is 2.85. The van der Waals surface area contributed by atoms with Gasteiger partial charge in [0.25, 0.3) is 5.91 Å². The molecular formula is C15H19N3OS. The highest BCUT2D eigenvalue weighted by Crippen LogP contribution is 2.19. The van der Waals surface area contributed by atoms with Crippen molar-refractivity contribution in [2.75, 3.05) is 18.9 Å². The molecule has 2 rings (SSSR count). The molecule has 20 heavy (non-hydrogen) atoms. The normalized spacial score (nSPS) is 10.3. The SMILES string of the molecule is CCNc1ccccc1C(=O)N(C)Cc1cnc(C)s1. The molecule has 0 saturated heterocycles. The molecule has 0 spiro atoms. The Labute approximate surface area is 123 Å². The van der Waals surface area contributed by atoms with E-state index in [1.54, 1.807) is 16.2 Å². The Kier molecular flexibility index (Phi) is 4.74. The highest BCUT2D eigenvalue weighted by Gasteiger charge is 2.16. The maximum Gasteiger partial charge on any atom is 0.256 e. The summed E-state index contributed by atoms with van der Waals surface area (Å²) in [4.78, 5) is 19.6. The van der Waals surface area contributed by atoms with Crippen LogP contribution in [0.1, 0.15) is 27.2 Å². The zero-order valence-electron chi connectivity index (χ0n) is 12.0. The Balaban J connectivity index is 2.14. The second kappa shape index (κ2) is 6.52. The molecule has 0 aliphatic rings. The largest absolute Gasteiger partial charge is 0.385 e. The molecule has 1 amide bonds. The lowest BCUT2D eigenvalue weighted by molar-refractivity contribution is 0.0787. The highest BCUT2D eigenvalue weighted by atomic mass is 32.1. The number of aryl methyl sites for hydroxylation is 1. The lowest BCUT2D eigenvalue weighted by Gasteiger charge is -2.18. The number of rotatable bonds is 5. The molecule has 0 fully saturated rings. The zero-order valence-corrected chi connectivity index (χ0v) is 12.8. The molecule has 4 nitrogen and oxygen atoms in total. The zero-order chi connectivity index (χ0) is 14.5. The summed E-state index contributed by atoms with van der Waals surface area (Å²) in [6.07, 6.45) is 1.83. The van der Waals surface area contributed by atoms with Crippen LogP contribution >= 0.6 is 11.3 Å². The Hall–Kier alpha value is -1.88. The molecule has 1 heterocycles. The summed E-state index contributed by atoms with van der Waals surface area (Å²) in [5, 5.41) is 4.24. The standard InChI is InChI=1S/C15H19N3OS/c1-4-16-14-8-6-5-7-13(14)15(19)18(3)10-12-9-17-11(2)20-12/h5-9,16H,4,10H2,1-3H3. The Morgan fingerprint density at radius 2 is 2.15 bits per heavy atom. The molecule has 0 atom stereocenters. The molecule has 0 aliphatic carbocycles. The van der Waals surface area contributed by atoms with Gasteiger partial charge in [-0.1, -0.05) is 12.1 Å². The van der Waals surface area contributed by atoms with Crippen LogP contribution in [-0.2, 0) is 6.54 Å². The second-order valence-electron chi connectivity index (χ2n) is 4.58. The van der Waals surface area contributed by atoms with Gasteiger partial charge in [0.05, 0.1) is 17.1 Å². The molecular weight excluding hydrogens is 270 g/mol. The topological polar surface area (TPSA) is 45.2 Å². The number of carbonyl (C=O) groups is 1. The van der Waals surface area contributed by atoms with E-state index < -0.39 is 0 Å². The number of carbonyl (C=O) groups excluding carboxylic acids is 1. The Bertz CT molecular complexity index is 594. The smallest absolute Gasteiger partial charge is 0.256 e. The molecule has 0 unspecified atom stereocenters. The van der Waals surface area contributed by atoms with Gasteiger partial charge in [0.2, 0.25) is 0 Å². The van der Waals surface area contributed by atoms with Crippen LogP contribution < -0.4 is 5.32 Å². The van der Waals surface area contributed by atoms with E-state index in [0.29, 0.717) is 12.1 Å². The summed E-state index contributed by atoms with van der Waals surface area (Å²) >= 11 is 1.62. The van der Waals surface area contributed by atoms with Crippen LogP contribution in [-0.4, -0.2) is 29.4 Å². The maximum absolute atomic E-state index is 12.5. The summed E-state index contributed by atoms with van der Waals surface area (Å²) < 4.78 is 0. The van der Waals surface area contributed by atoms with Crippen molar-refractivity contribution in [1.82, 2.24) is 9.88 Å². The van der Waals surface area contributed by atoms with Gasteiger partial charge < -0.3 is 10.2 Å². The summed E-state index contributed by atoms with van der Waals surface area (Å²) in [5.74, 6) is 0.0209. The van der Waals surface area contributed by atoms with Gasteiger partial charge in [0.1, 0.15) is 0 Å². The van der Waals surface area contributed by atoms with Crippen molar-refractivity contribution < 1.29 is 4.79 Å². The van der Waals surface area contributed by atoms with Gasteiger partial charge in [-0.2, -0.15) is 0 Å². The number of aromatic nitrogens is 1.